The number of piperidine rings is 1. The third-order valence-electron chi connectivity index (χ3n) is 4.87. The van der Waals surface area contributed by atoms with E-state index in [0.717, 1.165) is 39.0 Å². The van der Waals surface area contributed by atoms with Crippen LogP contribution in [0.5, 0.6) is 0 Å². The molecule has 0 saturated carbocycles. The average Bonchev–Trinajstić information content (AvgIpc) is 3.09. The SMILES string of the molecule is CN1CCN(C(=O)CC2CCN(C(=O)Nc3nccs3)CC2)CC1. The van der Waals surface area contributed by atoms with E-state index in [1.165, 1.54) is 11.3 Å². The zero-order chi connectivity index (χ0) is 16.9. The number of carbonyl (C=O) groups is 2. The first-order chi connectivity index (χ1) is 11.6. The second-order valence-corrected chi connectivity index (χ2v) is 7.48. The van der Waals surface area contributed by atoms with Gasteiger partial charge in [0.1, 0.15) is 0 Å². The van der Waals surface area contributed by atoms with Gasteiger partial charge in [0.05, 0.1) is 0 Å². The summed E-state index contributed by atoms with van der Waals surface area (Å²) >= 11 is 1.42. The lowest BCUT2D eigenvalue weighted by molar-refractivity contribution is -0.134. The Bertz CT molecular complexity index is 549. The zero-order valence-corrected chi connectivity index (χ0v) is 14.9. The van der Waals surface area contributed by atoms with Crippen molar-refractivity contribution in [2.45, 2.75) is 19.3 Å². The Morgan fingerprint density at radius 2 is 1.88 bits per heavy atom. The fraction of sp³-hybridized carbons (Fsp3) is 0.688. The number of piperazine rings is 1. The van der Waals surface area contributed by atoms with Crippen molar-refractivity contribution in [3.8, 4) is 0 Å². The minimum absolute atomic E-state index is 0.0891. The third kappa shape index (κ3) is 4.45. The van der Waals surface area contributed by atoms with Gasteiger partial charge in [0.2, 0.25) is 5.91 Å². The first-order valence-corrected chi connectivity index (χ1v) is 9.41. The molecule has 1 aromatic heterocycles. The topological polar surface area (TPSA) is 68.8 Å². The second kappa shape index (κ2) is 7.94. The first-order valence-electron chi connectivity index (χ1n) is 8.53. The average molecular weight is 351 g/mol. The van der Waals surface area contributed by atoms with Crippen molar-refractivity contribution in [2.24, 2.45) is 5.92 Å². The molecule has 7 nitrogen and oxygen atoms in total. The summed E-state index contributed by atoms with van der Waals surface area (Å²) in [6.07, 6.45) is 4.08. The number of carbonyl (C=O) groups excluding carboxylic acids is 2. The highest BCUT2D eigenvalue weighted by Crippen LogP contribution is 2.22. The van der Waals surface area contributed by atoms with E-state index in [9.17, 15) is 9.59 Å². The van der Waals surface area contributed by atoms with Gasteiger partial charge in [0.25, 0.3) is 0 Å². The fourth-order valence-electron chi connectivity index (χ4n) is 3.23. The number of urea groups is 1. The van der Waals surface area contributed by atoms with Crippen LogP contribution < -0.4 is 5.32 Å². The first kappa shape index (κ1) is 17.2. The molecule has 2 aliphatic heterocycles. The number of nitrogens with one attached hydrogen (secondary N) is 1. The maximum Gasteiger partial charge on any atom is 0.323 e. The molecule has 0 bridgehead atoms. The monoisotopic (exact) mass is 351 g/mol. The van der Waals surface area contributed by atoms with Crippen LogP contribution in [-0.4, -0.2) is 77.9 Å². The van der Waals surface area contributed by atoms with Crippen LogP contribution in [0, 0.1) is 5.92 Å². The summed E-state index contributed by atoms with van der Waals surface area (Å²) in [6.45, 7) is 5.01. The van der Waals surface area contributed by atoms with E-state index in [-0.39, 0.29) is 11.9 Å². The van der Waals surface area contributed by atoms with Crippen LogP contribution in [0.4, 0.5) is 9.93 Å². The van der Waals surface area contributed by atoms with Gasteiger partial charge in [-0.25, -0.2) is 9.78 Å². The smallest absolute Gasteiger partial charge is 0.323 e. The van der Waals surface area contributed by atoms with Gasteiger partial charge >= 0.3 is 6.03 Å². The van der Waals surface area contributed by atoms with Gasteiger partial charge in [0.15, 0.2) is 5.13 Å². The highest BCUT2D eigenvalue weighted by atomic mass is 32.1. The van der Waals surface area contributed by atoms with Crippen molar-refractivity contribution in [1.82, 2.24) is 19.7 Å². The number of hydrogen-bond acceptors (Lipinski definition) is 5. The molecule has 132 valence electrons. The highest BCUT2D eigenvalue weighted by Gasteiger charge is 2.27. The number of thiazole rings is 1. The Morgan fingerprint density at radius 1 is 1.17 bits per heavy atom. The number of likely N-dealkylation sites (N-methyl/N-ethyl adjacent to an activating group) is 1. The Morgan fingerprint density at radius 3 is 2.50 bits per heavy atom. The summed E-state index contributed by atoms with van der Waals surface area (Å²) in [6, 6.07) is -0.0891. The highest BCUT2D eigenvalue weighted by molar-refractivity contribution is 7.13. The maximum atomic E-state index is 12.4. The van der Waals surface area contributed by atoms with Crippen LogP contribution in [0.3, 0.4) is 0 Å². The number of amides is 3. The molecule has 3 heterocycles. The van der Waals surface area contributed by atoms with Crippen LogP contribution >= 0.6 is 11.3 Å². The summed E-state index contributed by atoms with van der Waals surface area (Å²) < 4.78 is 0. The van der Waals surface area contributed by atoms with E-state index in [4.69, 9.17) is 0 Å². The van der Waals surface area contributed by atoms with Crippen LogP contribution in [0.15, 0.2) is 11.6 Å². The molecule has 24 heavy (non-hydrogen) atoms. The maximum absolute atomic E-state index is 12.4. The van der Waals surface area contributed by atoms with Gasteiger partial charge < -0.3 is 14.7 Å². The van der Waals surface area contributed by atoms with Crippen LogP contribution in [0.2, 0.25) is 0 Å². The van der Waals surface area contributed by atoms with Crippen molar-refractivity contribution >= 4 is 28.4 Å². The van der Waals surface area contributed by atoms with Crippen molar-refractivity contribution in [1.29, 1.82) is 0 Å². The quantitative estimate of drug-likeness (QED) is 0.897. The summed E-state index contributed by atoms with van der Waals surface area (Å²) in [7, 11) is 2.09. The molecule has 1 aromatic rings. The normalized spacial score (nSPS) is 20.2. The van der Waals surface area contributed by atoms with Crippen molar-refractivity contribution < 1.29 is 9.59 Å². The van der Waals surface area contributed by atoms with E-state index in [0.29, 0.717) is 30.6 Å². The zero-order valence-electron chi connectivity index (χ0n) is 14.1. The Labute approximate surface area is 146 Å². The molecule has 3 rings (SSSR count). The molecule has 0 spiro atoms. The molecule has 2 aliphatic rings. The van der Waals surface area contributed by atoms with Gasteiger partial charge in [-0.05, 0) is 25.8 Å². The minimum atomic E-state index is -0.0891. The Hall–Kier alpha value is -1.67. The number of nitrogens with zero attached hydrogens (tertiary/aromatic N) is 4. The van der Waals surface area contributed by atoms with E-state index >= 15 is 0 Å². The summed E-state index contributed by atoms with van der Waals surface area (Å²) in [5.41, 5.74) is 0. The molecule has 0 radical (unpaired) electrons. The fourth-order valence-corrected chi connectivity index (χ4v) is 3.75. The Kier molecular flexibility index (Phi) is 5.68. The van der Waals surface area contributed by atoms with E-state index in [1.54, 1.807) is 6.20 Å². The lowest BCUT2D eigenvalue weighted by atomic mass is 9.93. The molecule has 2 saturated heterocycles. The van der Waals surface area contributed by atoms with E-state index in [2.05, 4.69) is 22.2 Å². The molecule has 2 fully saturated rings. The van der Waals surface area contributed by atoms with Gasteiger partial charge in [0, 0.05) is 57.3 Å². The standard InChI is InChI=1S/C16H25N5O2S/c1-19-7-9-20(10-8-19)14(22)12-13-2-5-21(6-3-13)16(23)18-15-17-4-11-24-15/h4,11,13H,2-3,5-10,12H2,1H3,(H,17,18,23). The summed E-state index contributed by atoms with van der Waals surface area (Å²) in [5, 5.41) is 5.29. The molecule has 0 aromatic carbocycles. The van der Waals surface area contributed by atoms with E-state index in [1.807, 2.05) is 15.2 Å². The lowest BCUT2D eigenvalue weighted by Crippen LogP contribution is -2.48. The number of rotatable bonds is 3. The Balaban J connectivity index is 1.40. The van der Waals surface area contributed by atoms with Gasteiger partial charge in [-0.1, -0.05) is 0 Å². The third-order valence-corrected chi connectivity index (χ3v) is 5.56. The number of likely N-dealkylation sites (tertiary alicyclic amines) is 1. The van der Waals surface area contributed by atoms with Crippen LogP contribution in [0.25, 0.3) is 0 Å². The van der Waals surface area contributed by atoms with Crippen molar-refractivity contribution in [3.05, 3.63) is 11.6 Å². The van der Waals surface area contributed by atoms with Crippen molar-refractivity contribution in [3.63, 3.8) is 0 Å². The molecule has 0 unspecified atom stereocenters. The molecule has 8 heteroatoms. The predicted octanol–water partition coefficient (Wildman–Crippen LogP) is 1.55. The van der Waals surface area contributed by atoms with Crippen LogP contribution in [-0.2, 0) is 4.79 Å². The largest absolute Gasteiger partial charge is 0.340 e. The van der Waals surface area contributed by atoms with Crippen molar-refractivity contribution in [2.75, 3.05) is 51.6 Å². The molecule has 1 N–H and O–H groups in total. The summed E-state index contributed by atoms with van der Waals surface area (Å²) in [4.78, 5) is 34.7. The van der Waals surface area contributed by atoms with Gasteiger partial charge in [-0.2, -0.15) is 0 Å². The number of aromatic nitrogens is 1. The molecule has 0 aliphatic carbocycles. The molecule has 3 amide bonds. The molecular formula is C16H25N5O2S. The summed E-state index contributed by atoms with van der Waals surface area (Å²) in [5.74, 6) is 0.662. The lowest BCUT2D eigenvalue weighted by Gasteiger charge is -2.35. The van der Waals surface area contributed by atoms with E-state index < -0.39 is 0 Å². The number of anilines is 1. The molecule has 0 atom stereocenters. The minimum Gasteiger partial charge on any atom is -0.340 e. The van der Waals surface area contributed by atoms with Crippen LogP contribution in [0.1, 0.15) is 19.3 Å². The van der Waals surface area contributed by atoms with Gasteiger partial charge in [-0.15, -0.1) is 11.3 Å². The predicted molar refractivity (Wildman–Crippen MR) is 94.1 cm³/mol. The second-order valence-electron chi connectivity index (χ2n) is 6.59. The van der Waals surface area contributed by atoms with Gasteiger partial charge in [-0.3, -0.25) is 10.1 Å². The molecular weight excluding hydrogens is 326 g/mol. The number of hydrogen-bond donors (Lipinski definition) is 1.